The lowest BCUT2D eigenvalue weighted by Crippen LogP contribution is -2.30. The Bertz CT molecular complexity index is 480. The van der Waals surface area contributed by atoms with Crippen LogP contribution in [0.4, 0.5) is 10.6 Å². The third-order valence-electron chi connectivity index (χ3n) is 2.80. The molecule has 1 fully saturated rings. The maximum absolute atomic E-state index is 11.9. The first-order chi connectivity index (χ1) is 8.56. The largest absolute Gasteiger partial charge is 0.465 e. The Labute approximate surface area is 112 Å². The van der Waals surface area contributed by atoms with Gasteiger partial charge in [0, 0.05) is 23.8 Å². The molecule has 0 radical (unpaired) electrons. The number of aromatic nitrogens is 1. The molecule has 1 aliphatic rings. The van der Waals surface area contributed by atoms with E-state index >= 15 is 0 Å². The molecule has 7 heteroatoms. The Morgan fingerprint density at radius 2 is 2.33 bits per heavy atom. The standard InChI is InChI=1S/C11H12BrN3O3/c12-8-1-3-13-9(5-8)14-10(16)7-2-4-15(6-7)11(17)18/h1,3,5,7H,2,4,6H2,(H,17,18)(H,13,14,16)/t7-/m0/s1. The van der Waals surface area contributed by atoms with Crippen molar-refractivity contribution in [3.05, 3.63) is 22.8 Å². The van der Waals surface area contributed by atoms with Gasteiger partial charge in [-0.15, -0.1) is 0 Å². The fraction of sp³-hybridized carbons (Fsp3) is 0.364. The minimum atomic E-state index is -0.981. The number of nitrogens with one attached hydrogen (secondary N) is 1. The van der Waals surface area contributed by atoms with Gasteiger partial charge in [0.2, 0.25) is 5.91 Å². The number of amides is 2. The lowest BCUT2D eigenvalue weighted by Gasteiger charge is -2.12. The predicted molar refractivity (Wildman–Crippen MR) is 68.3 cm³/mol. The molecule has 1 saturated heterocycles. The minimum Gasteiger partial charge on any atom is -0.465 e. The first-order valence-electron chi connectivity index (χ1n) is 5.46. The highest BCUT2D eigenvalue weighted by Gasteiger charge is 2.30. The normalized spacial score (nSPS) is 18.7. The van der Waals surface area contributed by atoms with Crippen LogP contribution in [0, 0.1) is 5.92 Å². The summed E-state index contributed by atoms with van der Waals surface area (Å²) < 4.78 is 0.825. The van der Waals surface area contributed by atoms with E-state index in [-0.39, 0.29) is 18.4 Å². The van der Waals surface area contributed by atoms with E-state index in [0.717, 1.165) is 4.47 Å². The molecule has 1 atom stereocenters. The lowest BCUT2D eigenvalue weighted by molar-refractivity contribution is -0.119. The number of likely N-dealkylation sites (tertiary alicyclic amines) is 1. The van der Waals surface area contributed by atoms with Crippen LogP contribution in [0.25, 0.3) is 0 Å². The van der Waals surface area contributed by atoms with Gasteiger partial charge in [0.15, 0.2) is 0 Å². The summed E-state index contributed by atoms with van der Waals surface area (Å²) in [5.74, 6) is -0.0330. The summed E-state index contributed by atoms with van der Waals surface area (Å²) in [6, 6.07) is 3.46. The highest BCUT2D eigenvalue weighted by molar-refractivity contribution is 9.10. The molecule has 0 aromatic carbocycles. The number of carbonyl (C=O) groups excluding carboxylic acids is 1. The zero-order valence-electron chi connectivity index (χ0n) is 9.47. The number of nitrogens with zero attached hydrogens (tertiary/aromatic N) is 2. The quantitative estimate of drug-likeness (QED) is 0.872. The summed E-state index contributed by atoms with van der Waals surface area (Å²) in [4.78, 5) is 27.9. The van der Waals surface area contributed by atoms with Crippen LogP contribution in [0.5, 0.6) is 0 Å². The maximum atomic E-state index is 11.9. The molecule has 0 bridgehead atoms. The van der Waals surface area contributed by atoms with Gasteiger partial charge in [-0.1, -0.05) is 15.9 Å². The molecular formula is C11H12BrN3O3. The van der Waals surface area contributed by atoms with E-state index in [1.54, 1.807) is 18.3 Å². The van der Waals surface area contributed by atoms with Gasteiger partial charge in [-0.2, -0.15) is 0 Å². The van der Waals surface area contributed by atoms with Crippen molar-refractivity contribution in [2.45, 2.75) is 6.42 Å². The van der Waals surface area contributed by atoms with Crippen molar-refractivity contribution in [1.82, 2.24) is 9.88 Å². The second kappa shape index (κ2) is 5.34. The third-order valence-corrected chi connectivity index (χ3v) is 3.30. The van der Waals surface area contributed by atoms with E-state index in [9.17, 15) is 9.59 Å². The number of rotatable bonds is 2. The Morgan fingerprint density at radius 3 is 2.94 bits per heavy atom. The Hall–Kier alpha value is -1.63. The molecule has 0 saturated carbocycles. The van der Waals surface area contributed by atoms with Crippen molar-refractivity contribution in [3.63, 3.8) is 0 Å². The monoisotopic (exact) mass is 313 g/mol. The summed E-state index contributed by atoms with van der Waals surface area (Å²) in [7, 11) is 0. The molecule has 2 rings (SSSR count). The van der Waals surface area contributed by atoms with E-state index in [2.05, 4.69) is 26.2 Å². The fourth-order valence-corrected chi connectivity index (χ4v) is 2.18. The molecular weight excluding hydrogens is 302 g/mol. The van der Waals surface area contributed by atoms with Crippen molar-refractivity contribution in [2.24, 2.45) is 5.92 Å². The van der Waals surface area contributed by atoms with Crippen LogP contribution < -0.4 is 5.32 Å². The van der Waals surface area contributed by atoms with Crippen molar-refractivity contribution in [1.29, 1.82) is 0 Å². The molecule has 2 amide bonds. The Balaban J connectivity index is 1.95. The van der Waals surface area contributed by atoms with Crippen LogP contribution in [0.3, 0.4) is 0 Å². The molecule has 0 unspecified atom stereocenters. The van der Waals surface area contributed by atoms with Gasteiger partial charge in [-0.3, -0.25) is 4.79 Å². The predicted octanol–water partition coefficient (Wildman–Crippen LogP) is 1.78. The molecule has 6 nitrogen and oxygen atoms in total. The van der Waals surface area contributed by atoms with E-state index in [0.29, 0.717) is 18.8 Å². The number of hydrogen-bond donors (Lipinski definition) is 2. The third kappa shape index (κ3) is 2.98. The molecule has 0 aliphatic carbocycles. The average molecular weight is 314 g/mol. The van der Waals surface area contributed by atoms with Gasteiger partial charge in [0.05, 0.1) is 5.92 Å². The molecule has 2 heterocycles. The zero-order chi connectivity index (χ0) is 13.1. The van der Waals surface area contributed by atoms with E-state index < -0.39 is 6.09 Å². The van der Waals surface area contributed by atoms with Crippen LogP contribution >= 0.6 is 15.9 Å². The highest BCUT2D eigenvalue weighted by atomic mass is 79.9. The first-order valence-corrected chi connectivity index (χ1v) is 6.26. The zero-order valence-corrected chi connectivity index (χ0v) is 11.1. The smallest absolute Gasteiger partial charge is 0.407 e. The molecule has 0 spiro atoms. The Kier molecular flexibility index (Phi) is 3.81. The van der Waals surface area contributed by atoms with Crippen LogP contribution in [-0.4, -0.2) is 40.1 Å². The van der Waals surface area contributed by atoms with Crippen LogP contribution in [-0.2, 0) is 4.79 Å². The van der Waals surface area contributed by atoms with Gasteiger partial charge < -0.3 is 15.3 Å². The summed E-state index contributed by atoms with van der Waals surface area (Å²) in [6.07, 6.45) is 1.15. The number of halogens is 1. The van der Waals surface area contributed by atoms with E-state index in [1.807, 2.05) is 0 Å². The molecule has 1 aromatic rings. The first kappa shape index (κ1) is 12.8. The lowest BCUT2D eigenvalue weighted by atomic mass is 10.1. The second-order valence-electron chi connectivity index (χ2n) is 4.06. The molecule has 1 aliphatic heterocycles. The summed E-state index contributed by atoms with van der Waals surface area (Å²) in [5.41, 5.74) is 0. The van der Waals surface area contributed by atoms with Crippen molar-refractivity contribution in [2.75, 3.05) is 18.4 Å². The number of carboxylic acid groups (broad SMARTS) is 1. The van der Waals surface area contributed by atoms with Crippen LogP contribution in [0.15, 0.2) is 22.8 Å². The van der Waals surface area contributed by atoms with E-state index in [1.165, 1.54) is 4.90 Å². The van der Waals surface area contributed by atoms with Gasteiger partial charge in [0.25, 0.3) is 0 Å². The number of hydrogen-bond acceptors (Lipinski definition) is 3. The molecule has 96 valence electrons. The summed E-state index contributed by atoms with van der Waals surface area (Å²) in [5, 5.41) is 11.5. The van der Waals surface area contributed by atoms with Crippen molar-refractivity contribution >= 4 is 33.7 Å². The summed E-state index contributed by atoms with van der Waals surface area (Å²) in [6.45, 7) is 0.647. The van der Waals surface area contributed by atoms with Gasteiger partial charge in [-0.05, 0) is 18.6 Å². The van der Waals surface area contributed by atoms with Gasteiger partial charge in [0.1, 0.15) is 5.82 Å². The Morgan fingerprint density at radius 1 is 1.56 bits per heavy atom. The topological polar surface area (TPSA) is 82.5 Å². The minimum absolute atomic E-state index is 0.190. The molecule has 1 aromatic heterocycles. The van der Waals surface area contributed by atoms with Crippen LogP contribution in [0.2, 0.25) is 0 Å². The van der Waals surface area contributed by atoms with Gasteiger partial charge in [-0.25, -0.2) is 9.78 Å². The fourth-order valence-electron chi connectivity index (χ4n) is 1.85. The van der Waals surface area contributed by atoms with Crippen molar-refractivity contribution in [3.8, 4) is 0 Å². The summed E-state index contributed by atoms with van der Waals surface area (Å²) >= 11 is 3.29. The van der Waals surface area contributed by atoms with E-state index in [4.69, 9.17) is 5.11 Å². The SMILES string of the molecule is O=C(Nc1cc(Br)ccn1)[C@H]1CCN(C(=O)O)C1. The number of carbonyl (C=O) groups is 2. The van der Waals surface area contributed by atoms with Crippen molar-refractivity contribution < 1.29 is 14.7 Å². The number of anilines is 1. The second-order valence-corrected chi connectivity index (χ2v) is 4.98. The molecule has 18 heavy (non-hydrogen) atoms. The maximum Gasteiger partial charge on any atom is 0.407 e. The highest BCUT2D eigenvalue weighted by Crippen LogP contribution is 2.19. The number of pyridine rings is 1. The van der Waals surface area contributed by atoms with Gasteiger partial charge >= 0.3 is 6.09 Å². The molecule has 2 N–H and O–H groups in total. The average Bonchev–Trinajstić information content (AvgIpc) is 2.78. The van der Waals surface area contributed by atoms with Crippen LogP contribution in [0.1, 0.15) is 6.42 Å².